The molecule has 0 N–H and O–H groups in total. The predicted molar refractivity (Wildman–Crippen MR) is 76.0 cm³/mol. The summed E-state index contributed by atoms with van der Waals surface area (Å²) in [5.41, 5.74) is 0.985. The molecule has 0 bridgehead atoms. The van der Waals surface area contributed by atoms with Gasteiger partial charge in [-0.05, 0) is 30.9 Å². The molecule has 2 heterocycles. The minimum Gasteiger partial charge on any atom is -0.335 e. The van der Waals surface area contributed by atoms with Crippen molar-refractivity contribution in [1.82, 2.24) is 9.21 Å². The normalized spacial score (nSPS) is 17.7. The molecule has 2 rings (SSSR count). The van der Waals surface area contributed by atoms with Gasteiger partial charge >= 0.3 is 0 Å². The molecule has 0 unspecified atom stereocenters. The van der Waals surface area contributed by atoms with Crippen LogP contribution < -0.4 is 0 Å². The second-order valence-electron chi connectivity index (χ2n) is 4.52. The molecule has 19 heavy (non-hydrogen) atoms. The maximum absolute atomic E-state index is 12.3. The van der Waals surface area contributed by atoms with Crippen molar-refractivity contribution in [3.63, 3.8) is 0 Å². The third-order valence-electron chi connectivity index (χ3n) is 3.34. The molecule has 0 aliphatic carbocycles. The van der Waals surface area contributed by atoms with Crippen molar-refractivity contribution < 1.29 is 13.2 Å². The van der Waals surface area contributed by atoms with Gasteiger partial charge in [0, 0.05) is 26.2 Å². The first-order chi connectivity index (χ1) is 8.95. The van der Waals surface area contributed by atoms with Crippen molar-refractivity contribution in [2.45, 2.75) is 13.8 Å². The number of sulfonamides is 1. The van der Waals surface area contributed by atoms with Crippen LogP contribution in [0.1, 0.15) is 22.2 Å². The zero-order valence-electron chi connectivity index (χ0n) is 11.1. The SMILES string of the molecule is CCS(=O)(=O)N1CCN(C(=O)c2sccc2C)CC1. The molecule has 1 aromatic rings. The number of aryl methyl sites for hydroxylation is 1. The summed E-state index contributed by atoms with van der Waals surface area (Å²) in [6.07, 6.45) is 0. The van der Waals surface area contributed by atoms with Gasteiger partial charge in [-0.25, -0.2) is 8.42 Å². The molecule has 0 radical (unpaired) electrons. The molecule has 1 fully saturated rings. The second kappa shape index (κ2) is 5.60. The highest BCUT2D eigenvalue weighted by Gasteiger charge is 2.28. The van der Waals surface area contributed by atoms with Crippen LogP contribution in [0.3, 0.4) is 0 Å². The molecule has 1 amide bonds. The Labute approximate surface area is 117 Å². The van der Waals surface area contributed by atoms with E-state index < -0.39 is 10.0 Å². The Bertz CT molecular complexity index is 557. The minimum atomic E-state index is -3.13. The number of piperazine rings is 1. The molecule has 7 heteroatoms. The van der Waals surface area contributed by atoms with Gasteiger partial charge in [-0.15, -0.1) is 11.3 Å². The van der Waals surface area contributed by atoms with E-state index >= 15 is 0 Å². The third kappa shape index (κ3) is 2.98. The molecule has 0 aromatic carbocycles. The van der Waals surface area contributed by atoms with E-state index in [0.29, 0.717) is 26.2 Å². The molecule has 1 aliphatic heterocycles. The summed E-state index contributed by atoms with van der Waals surface area (Å²) in [4.78, 5) is 14.8. The summed E-state index contributed by atoms with van der Waals surface area (Å²) in [5, 5.41) is 1.90. The molecular formula is C12H18N2O3S2. The van der Waals surface area contributed by atoms with Gasteiger partial charge in [0.15, 0.2) is 0 Å². The number of carbonyl (C=O) groups excluding carboxylic acids is 1. The average Bonchev–Trinajstić information content (AvgIpc) is 2.84. The van der Waals surface area contributed by atoms with Gasteiger partial charge in [0.1, 0.15) is 0 Å². The highest BCUT2D eigenvalue weighted by Crippen LogP contribution is 2.19. The zero-order valence-corrected chi connectivity index (χ0v) is 12.8. The molecule has 0 saturated carbocycles. The van der Waals surface area contributed by atoms with Crippen molar-refractivity contribution >= 4 is 27.3 Å². The number of amides is 1. The quantitative estimate of drug-likeness (QED) is 0.842. The Morgan fingerprint density at radius 3 is 2.42 bits per heavy atom. The Kier molecular flexibility index (Phi) is 4.27. The fraction of sp³-hybridized carbons (Fsp3) is 0.583. The maximum Gasteiger partial charge on any atom is 0.264 e. The summed E-state index contributed by atoms with van der Waals surface area (Å²) in [6.45, 7) is 5.28. The van der Waals surface area contributed by atoms with Crippen molar-refractivity contribution in [3.05, 3.63) is 21.9 Å². The van der Waals surface area contributed by atoms with Crippen LogP contribution in [0.15, 0.2) is 11.4 Å². The molecule has 0 spiro atoms. The Balaban J connectivity index is 2.01. The van der Waals surface area contributed by atoms with Gasteiger partial charge < -0.3 is 4.90 Å². The van der Waals surface area contributed by atoms with Crippen molar-refractivity contribution in [3.8, 4) is 0 Å². The number of carbonyl (C=O) groups is 1. The van der Waals surface area contributed by atoms with E-state index in [4.69, 9.17) is 0 Å². The molecule has 0 atom stereocenters. The lowest BCUT2D eigenvalue weighted by Crippen LogP contribution is -2.50. The monoisotopic (exact) mass is 302 g/mol. The largest absolute Gasteiger partial charge is 0.335 e. The van der Waals surface area contributed by atoms with Crippen LogP contribution in [0.5, 0.6) is 0 Å². The van der Waals surface area contributed by atoms with Crippen molar-refractivity contribution in [2.24, 2.45) is 0 Å². The molecule has 1 aromatic heterocycles. The van der Waals surface area contributed by atoms with E-state index in [1.807, 2.05) is 18.4 Å². The third-order valence-corrected chi connectivity index (χ3v) is 6.23. The lowest BCUT2D eigenvalue weighted by atomic mass is 10.2. The highest BCUT2D eigenvalue weighted by molar-refractivity contribution is 7.89. The van der Waals surface area contributed by atoms with Crippen molar-refractivity contribution in [2.75, 3.05) is 31.9 Å². The summed E-state index contributed by atoms with van der Waals surface area (Å²) in [6, 6.07) is 1.93. The Hall–Kier alpha value is -0.920. The number of thiophene rings is 1. The fourth-order valence-corrected chi connectivity index (χ4v) is 4.06. The first-order valence-electron chi connectivity index (χ1n) is 6.27. The Morgan fingerprint density at radius 1 is 1.32 bits per heavy atom. The number of rotatable bonds is 3. The van der Waals surface area contributed by atoms with Crippen molar-refractivity contribution in [1.29, 1.82) is 0 Å². The first-order valence-corrected chi connectivity index (χ1v) is 8.75. The van der Waals surface area contributed by atoms with Crippen LogP contribution >= 0.6 is 11.3 Å². The number of hydrogen-bond acceptors (Lipinski definition) is 4. The molecule has 106 valence electrons. The van der Waals surface area contributed by atoms with E-state index in [2.05, 4.69) is 0 Å². The van der Waals surface area contributed by atoms with Crippen LogP contribution in [0, 0.1) is 6.92 Å². The van der Waals surface area contributed by atoms with E-state index in [0.717, 1.165) is 10.4 Å². The number of hydrogen-bond donors (Lipinski definition) is 0. The van der Waals surface area contributed by atoms with Crippen LogP contribution in [-0.2, 0) is 10.0 Å². The summed E-state index contributed by atoms with van der Waals surface area (Å²) in [5.74, 6) is 0.131. The van der Waals surface area contributed by atoms with Gasteiger partial charge in [0.2, 0.25) is 10.0 Å². The van der Waals surface area contributed by atoms with Gasteiger partial charge in [-0.1, -0.05) is 0 Å². The number of nitrogens with zero attached hydrogens (tertiary/aromatic N) is 2. The molecule has 1 saturated heterocycles. The minimum absolute atomic E-state index is 0.0149. The predicted octanol–water partition coefficient (Wildman–Crippen LogP) is 1.16. The smallest absolute Gasteiger partial charge is 0.264 e. The summed E-state index contributed by atoms with van der Waals surface area (Å²) in [7, 11) is -3.13. The molecule has 1 aliphatic rings. The van der Waals surface area contributed by atoms with Crippen LogP contribution in [0.4, 0.5) is 0 Å². The fourth-order valence-electron chi connectivity index (χ4n) is 2.09. The van der Waals surface area contributed by atoms with Crippen LogP contribution in [0.25, 0.3) is 0 Å². The topological polar surface area (TPSA) is 57.7 Å². The van der Waals surface area contributed by atoms with E-state index in [-0.39, 0.29) is 11.7 Å². The lowest BCUT2D eigenvalue weighted by Gasteiger charge is -2.33. The Morgan fingerprint density at radius 2 is 1.95 bits per heavy atom. The first kappa shape index (κ1) is 14.5. The van der Waals surface area contributed by atoms with Crippen LogP contribution in [0.2, 0.25) is 0 Å². The summed E-state index contributed by atoms with van der Waals surface area (Å²) < 4.78 is 24.9. The average molecular weight is 302 g/mol. The van der Waals surface area contributed by atoms with Crippen LogP contribution in [-0.4, -0.2) is 55.5 Å². The standard InChI is InChI=1S/C12H18N2O3S2/c1-3-19(16,17)14-7-5-13(6-8-14)12(15)11-10(2)4-9-18-11/h4,9H,3,5-8H2,1-2H3. The van der Waals surface area contributed by atoms with E-state index in [9.17, 15) is 13.2 Å². The van der Waals surface area contributed by atoms with Gasteiger partial charge in [0.05, 0.1) is 10.6 Å². The summed E-state index contributed by atoms with van der Waals surface area (Å²) >= 11 is 1.44. The van der Waals surface area contributed by atoms with Gasteiger partial charge in [0.25, 0.3) is 5.91 Å². The van der Waals surface area contributed by atoms with E-state index in [1.165, 1.54) is 15.6 Å². The maximum atomic E-state index is 12.3. The van der Waals surface area contributed by atoms with Gasteiger partial charge in [-0.2, -0.15) is 4.31 Å². The molecular weight excluding hydrogens is 284 g/mol. The van der Waals surface area contributed by atoms with E-state index in [1.54, 1.807) is 11.8 Å². The highest BCUT2D eigenvalue weighted by atomic mass is 32.2. The zero-order chi connectivity index (χ0) is 14.0. The second-order valence-corrected chi connectivity index (χ2v) is 7.70. The molecule has 5 nitrogen and oxygen atoms in total. The lowest BCUT2D eigenvalue weighted by molar-refractivity contribution is 0.0702. The van der Waals surface area contributed by atoms with Gasteiger partial charge in [-0.3, -0.25) is 4.79 Å².